The van der Waals surface area contributed by atoms with Gasteiger partial charge < -0.3 is 19.6 Å². The SMILES string of the molecule is CC(C)(C)OC(=O)N1CCN(c2ccc(CCCO)cn2)CC1. The van der Waals surface area contributed by atoms with Gasteiger partial charge in [0, 0.05) is 39.0 Å². The van der Waals surface area contributed by atoms with E-state index in [0.29, 0.717) is 13.1 Å². The molecule has 0 atom stereocenters. The molecule has 0 radical (unpaired) electrons. The van der Waals surface area contributed by atoms with Crippen LogP contribution in [0.4, 0.5) is 10.6 Å². The van der Waals surface area contributed by atoms with Gasteiger partial charge in [-0.05, 0) is 45.2 Å². The van der Waals surface area contributed by atoms with Gasteiger partial charge in [-0.3, -0.25) is 0 Å². The van der Waals surface area contributed by atoms with Crippen molar-refractivity contribution in [3.63, 3.8) is 0 Å². The minimum atomic E-state index is -0.458. The Morgan fingerprint density at radius 2 is 1.96 bits per heavy atom. The summed E-state index contributed by atoms with van der Waals surface area (Å²) in [6.07, 6.45) is 3.22. The highest BCUT2D eigenvalue weighted by molar-refractivity contribution is 5.68. The lowest BCUT2D eigenvalue weighted by atomic mass is 10.1. The van der Waals surface area contributed by atoms with Gasteiger partial charge in [0.2, 0.25) is 0 Å². The number of carbonyl (C=O) groups is 1. The van der Waals surface area contributed by atoms with Crippen molar-refractivity contribution in [3.8, 4) is 0 Å². The van der Waals surface area contributed by atoms with Crippen LogP contribution in [0.15, 0.2) is 18.3 Å². The summed E-state index contributed by atoms with van der Waals surface area (Å²) in [5.41, 5.74) is 0.676. The Bertz CT molecular complexity index is 503. The second-order valence-corrected chi connectivity index (χ2v) is 6.81. The molecule has 23 heavy (non-hydrogen) atoms. The maximum absolute atomic E-state index is 12.1. The number of carbonyl (C=O) groups excluding carboxylic acids is 1. The number of aliphatic hydroxyl groups excluding tert-OH is 1. The molecule has 6 heteroatoms. The van der Waals surface area contributed by atoms with Gasteiger partial charge in [0.1, 0.15) is 11.4 Å². The van der Waals surface area contributed by atoms with Crippen LogP contribution in [0.2, 0.25) is 0 Å². The van der Waals surface area contributed by atoms with Crippen LogP contribution < -0.4 is 4.90 Å². The molecule has 1 fully saturated rings. The molecule has 0 spiro atoms. The number of hydrogen-bond donors (Lipinski definition) is 1. The first-order valence-electron chi connectivity index (χ1n) is 8.18. The van der Waals surface area contributed by atoms with Gasteiger partial charge in [0.05, 0.1) is 0 Å². The standard InChI is InChI=1S/C17H27N3O3/c1-17(2,3)23-16(22)20-10-8-19(9-11-20)15-7-6-14(13-18-15)5-4-12-21/h6-7,13,21H,4-5,8-12H2,1-3H3. The van der Waals surface area contributed by atoms with Crippen molar-refractivity contribution in [1.82, 2.24) is 9.88 Å². The van der Waals surface area contributed by atoms with Crippen molar-refractivity contribution < 1.29 is 14.6 Å². The summed E-state index contributed by atoms with van der Waals surface area (Å²) in [5.74, 6) is 0.932. The number of hydrogen-bond acceptors (Lipinski definition) is 5. The lowest BCUT2D eigenvalue weighted by Gasteiger charge is -2.36. The topological polar surface area (TPSA) is 65.9 Å². The molecule has 1 N–H and O–H groups in total. The fourth-order valence-electron chi connectivity index (χ4n) is 2.48. The van der Waals surface area contributed by atoms with Crippen molar-refractivity contribution >= 4 is 11.9 Å². The first-order chi connectivity index (χ1) is 10.9. The zero-order valence-corrected chi connectivity index (χ0v) is 14.3. The van der Waals surface area contributed by atoms with E-state index in [9.17, 15) is 4.79 Å². The number of nitrogens with zero attached hydrogens (tertiary/aromatic N) is 3. The van der Waals surface area contributed by atoms with E-state index >= 15 is 0 Å². The molecule has 0 aliphatic carbocycles. The molecule has 1 saturated heterocycles. The summed E-state index contributed by atoms with van der Waals surface area (Å²) in [6, 6.07) is 4.06. The van der Waals surface area contributed by atoms with Crippen LogP contribution in [0.5, 0.6) is 0 Å². The fraction of sp³-hybridized carbons (Fsp3) is 0.647. The summed E-state index contributed by atoms with van der Waals surface area (Å²) in [4.78, 5) is 20.5. The van der Waals surface area contributed by atoms with Gasteiger partial charge in [0.25, 0.3) is 0 Å². The summed E-state index contributed by atoms with van der Waals surface area (Å²) in [7, 11) is 0. The average molecular weight is 321 g/mol. The number of aliphatic hydroxyl groups is 1. The largest absolute Gasteiger partial charge is 0.444 e. The molecule has 128 valence electrons. The van der Waals surface area contributed by atoms with E-state index in [4.69, 9.17) is 9.84 Å². The van der Waals surface area contributed by atoms with Gasteiger partial charge in [-0.1, -0.05) is 6.07 Å². The van der Waals surface area contributed by atoms with E-state index in [0.717, 1.165) is 37.3 Å². The van der Waals surface area contributed by atoms with Crippen LogP contribution in [-0.2, 0) is 11.2 Å². The summed E-state index contributed by atoms with van der Waals surface area (Å²) in [6.45, 7) is 8.63. The third kappa shape index (κ3) is 5.39. The lowest BCUT2D eigenvalue weighted by molar-refractivity contribution is 0.0240. The van der Waals surface area contributed by atoms with E-state index in [2.05, 4.69) is 16.0 Å². The molecule has 1 amide bonds. The molecule has 0 aromatic carbocycles. The van der Waals surface area contributed by atoms with E-state index in [1.54, 1.807) is 4.90 Å². The number of rotatable bonds is 4. The second-order valence-electron chi connectivity index (χ2n) is 6.81. The Labute approximate surface area is 138 Å². The molecular formula is C17H27N3O3. The monoisotopic (exact) mass is 321 g/mol. The molecule has 1 aliphatic rings. The van der Waals surface area contributed by atoms with Gasteiger partial charge in [-0.2, -0.15) is 0 Å². The van der Waals surface area contributed by atoms with Gasteiger partial charge in [-0.25, -0.2) is 9.78 Å². The third-order valence-corrected chi connectivity index (χ3v) is 3.69. The van der Waals surface area contributed by atoms with Gasteiger partial charge in [-0.15, -0.1) is 0 Å². The van der Waals surface area contributed by atoms with Crippen LogP contribution >= 0.6 is 0 Å². The number of aromatic nitrogens is 1. The summed E-state index contributed by atoms with van der Waals surface area (Å²) < 4.78 is 5.40. The molecule has 6 nitrogen and oxygen atoms in total. The number of anilines is 1. The first kappa shape index (κ1) is 17.5. The van der Waals surface area contributed by atoms with Crippen molar-refractivity contribution in [1.29, 1.82) is 0 Å². The highest BCUT2D eigenvalue weighted by atomic mass is 16.6. The Morgan fingerprint density at radius 3 is 2.48 bits per heavy atom. The van der Waals surface area contributed by atoms with Crippen molar-refractivity contribution in [2.24, 2.45) is 0 Å². The maximum Gasteiger partial charge on any atom is 0.410 e. The average Bonchev–Trinajstić information content (AvgIpc) is 2.52. The van der Waals surface area contributed by atoms with E-state index < -0.39 is 5.60 Å². The quantitative estimate of drug-likeness (QED) is 0.919. The summed E-state index contributed by atoms with van der Waals surface area (Å²) >= 11 is 0. The normalized spacial score (nSPS) is 15.7. The predicted octanol–water partition coefficient (Wildman–Crippen LogP) is 2.06. The summed E-state index contributed by atoms with van der Waals surface area (Å²) in [5, 5.41) is 8.86. The van der Waals surface area contributed by atoms with Crippen LogP contribution in [0, 0.1) is 0 Å². The van der Waals surface area contributed by atoms with Crippen LogP contribution in [0.1, 0.15) is 32.8 Å². The predicted molar refractivity (Wildman–Crippen MR) is 89.7 cm³/mol. The minimum Gasteiger partial charge on any atom is -0.444 e. The van der Waals surface area contributed by atoms with Crippen molar-refractivity contribution in [3.05, 3.63) is 23.9 Å². The molecule has 2 heterocycles. The highest BCUT2D eigenvalue weighted by Gasteiger charge is 2.26. The van der Waals surface area contributed by atoms with E-state index in [1.165, 1.54) is 0 Å². The highest BCUT2D eigenvalue weighted by Crippen LogP contribution is 2.16. The molecular weight excluding hydrogens is 294 g/mol. The zero-order chi connectivity index (χ0) is 16.9. The Balaban J connectivity index is 1.85. The third-order valence-electron chi connectivity index (χ3n) is 3.69. The zero-order valence-electron chi connectivity index (χ0n) is 14.3. The van der Waals surface area contributed by atoms with E-state index in [-0.39, 0.29) is 12.7 Å². The smallest absolute Gasteiger partial charge is 0.410 e. The van der Waals surface area contributed by atoms with Gasteiger partial charge >= 0.3 is 6.09 Å². The Kier molecular flexibility index (Phi) is 5.82. The second kappa shape index (κ2) is 7.64. The maximum atomic E-state index is 12.1. The van der Waals surface area contributed by atoms with Crippen molar-refractivity contribution in [2.45, 2.75) is 39.2 Å². The molecule has 0 saturated carbocycles. The molecule has 0 unspecified atom stereocenters. The molecule has 1 aromatic rings. The fourth-order valence-corrected chi connectivity index (χ4v) is 2.48. The molecule has 1 aromatic heterocycles. The lowest BCUT2D eigenvalue weighted by Crippen LogP contribution is -2.50. The number of ether oxygens (including phenoxy) is 1. The molecule has 2 rings (SSSR count). The number of amides is 1. The van der Waals surface area contributed by atoms with Crippen LogP contribution in [0.3, 0.4) is 0 Å². The number of piperazine rings is 1. The van der Waals surface area contributed by atoms with Crippen LogP contribution in [0.25, 0.3) is 0 Å². The number of aryl methyl sites for hydroxylation is 1. The van der Waals surface area contributed by atoms with Crippen LogP contribution in [-0.4, -0.2) is 59.5 Å². The number of pyridine rings is 1. The minimum absolute atomic E-state index is 0.203. The van der Waals surface area contributed by atoms with Crippen molar-refractivity contribution in [2.75, 3.05) is 37.7 Å². The Morgan fingerprint density at radius 1 is 1.26 bits per heavy atom. The molecule has 1 aliphatic heterocycles. The van der Waals surface area contributed by atoms with Gasteiger partial charge in [0.15, 0.2) is 0 Å². The molecule has 0 bridgehead atoms. The first-order valence-corrected chi connectivity index (χ1v) is 8.18. The van der Waals surface area contributed by atoms with E-state index in [1.807, 2.05) is 33.0 Å². The Hall–Kier alpha value is -1.82.